The van der Waals surface area contributed by atoms with E-state index in [0.717, 1.165) is 25.4 Å². The van der Waals surface area contributed by atoms with E-state index >= 15 is 0 Å². The lowest BCUT2D eigenvalue weighted by Gasteiger charge is -2.27. The first-order valence-corrected chi connectivity index (χ1v) is 7.05. The molecule has 1 aliphatic rings. The molecule has 0 amide bonds. The summed E-state index contributed by atoms with van der Waals surface area (Å²) in [6, 6.07) is 0. The van der Waals surface area contributed by atoms with Gasteiger partial charge in [0.25, 0.3) is 0 Å². The molecule has 4 heteroatoms. The Morgan fingerprint density at radius 1 is 1.33 bits per heavy atom. The van der Waals surface area contributed by atoms with E-state index in [2.05, 4.69) is 12.1 Å². The maximum Gasteiger partial charge on any atom is 0.144 e. The summed E-state index contributed by atoms with van der Waals surface area (Å²) in [5.74, 6) is 1.17. The second-order valence-electron chi connectivity index (χ2n) is 6.23. The summed E-state index contributed by atoms with van der Waals surface area (Å²) in [6.45, 7) is 7.08. The lowest BCUT2D eigenvalue weighted by molar-refractivity contribution is 0.0162. The number of nitrogens with two attached hydrogens (primary N) is 1. The number of hydrogen-bond acceptors (Lipinski definition) is 3. The molecule has 0 heterocycles. The molecule has 18 heavy (non-hydrogen) atoms. The Morgan fingerprint density at radius 3 is 2.50 bits per heavy atom. The normalized spacial score (nSPS) is 26.3. The van der Waals surface area contributed by atoms with Gasteiger partial charge in [-0.05, 0) is 44.4 Å². The van der Waals surface area contributed by atoms with E-state index in [1.165, 1.54) is 25.7 Å². The molecule has 1 rings (SSSR count). The molecule has 0 atom stereocenters. The largest absolute Gasteiger partial charge is 0.409 e. The van der Waals surface area contributed by atoms with Gasteiger partial charge >= 0.3 is 0 Å². The number of ether oxygens (including phenoxy) is 1. The third-order valence-corrected chi connectivity index (χ3v) is 4.06. The van der Waals surface area contributed by atoms with Gasteiger partial charge in [-0.15, -0.1) is 0 Å². The number of nitrogens with zero attached hydrogens (tertiary/aromatic N) is 1. The second-order valence-corrected chi connectivity index (χ2v) is 6.23. The molecule has 0 aromatic heterocycles. The molecule has 0 radical (unpaired) electrons. The minimum Gasteiger partial charge on any atom is -0.409 e. The van der Waals surface area contributed by atoms with Crippen molar-refractivity contribution in [2.24, 2.45) is 22.2 Å². The van der Waals surface area contributed by atoms with Gasteiger partial charge in [-0.1, -0.05) is 25.9 Å². The highest BCUT2D eigenvalue weighted by atomic mass is 16.5. The number of oxime groups is 1. The molecule has 0 saturated heterocycles. The first-order valence-electron chi connectivity index (χ1n) is 7.05. The van der Waals surface area contributed by atoms with Gasteiger partial charge in [0.2, 0.25) is 0 Å². The lowest BCUT2D eigenvalue weighted by atomic mass is 9.86. The Balaban J connectivity index is 2.15. The van der Waals surface area contributed by atoms with Crippen LogP contribution in [0.5, 0.6) is 0 Å². The van der Waals surface area contributed by atoms with Crippen molar-refractivity contribution in [3.8, 4) is 0 Å². The molecule has 3 N–H and O–H groups in total. The third-order valence-electron chi connectivity index (χ3n) is 4.06. The van der Waals surface area contributed by atoms with Crippen molar-refractivity contribution in [3.05, 3.63) is 0 Å². The van der Waals surface area contributed by atoms with Crippen LogP contribution >= 0.6 is 0 Å². The summed E-state index contributed by atoms with van der Waals surface area (Å²) < 4.78 is 5.90. The molecule has 4 nitrogen and oxygen atoms in total. The van der Waals surface area contributed by atoms with Crippen LogP contribution < -0.4 is 5.73 Å². The first-order chi connectivity index (χ1) is 8.45. The maximum absolute atomic E-state index is 8.69. The highest BCUT2D eigenvalue weighted by molar-refractivity contribution is 5.85. The Kier molecular flexibility index (Phi) is 5.93. The van der Waals surface area contributed by atoms with Crippen LogP contribution in [0.1, 0.15) is 59.3 Å². The smallest absolute Gasteiger partial charge is 0.144 e. The maximum atomic E-state index is 8.69. The van der Waals surface area contributed by atoms with Gasteiger partial charge in [-0.2, -0.15) is 0 Å². The lowest BCUT2D eigenvalue weighted by Crippen LogP contribution is -2.32. The molecule has 0 unspecified atom stereocenters. The molecule has 1 fully saturated rings. The van der Waals surface area contributed by atoms with E-state index in [4.69, 9.17) is 15.7 Å². The molecular formula is C14H28N2O2. The minimum absolute atomic E-state index is 0.251. The van der Waals surface area contributed by atoms with Gasteiger partial charge in [0.05, 0.1) is 6.10 Å². The van der Waals surface area contributed by atoms with Gasteiger partial charge in [0.1, 0.15) is 5.84 Å². The van der Waals surface area contributed by atoms with Crippen molar-refractivity contribution in [2.75, 3.05) is 6.61 Å². The van der Waals surface area contributed by atoms with E-state index in [1.54, 1.807) is 0 Å². The molecule has 0 aromatic rings. The fraction of sp³-hybridized carbons (Fsp3) is 0.929. The van der Waals surface area contributed by atoms with Gasteiger partial charge in [0.15, 0.2) is 0 Å². The summed E-state index contributed by atoms with van der Waals surface area (Å²) in [7, 11) is 0. The number of rotatable bonds is 6. The summed E-state index contributed by atoms with van der Waals surface area (Å²) in [5, 5.41) is 11.8. The summed E-state index contributed by atoms with van der Waals surface area (Å²) in [6.07, 6.45) is 7.27. The van der Waals surface area contributed by atoms with Crippen LogP contribution in [0.3, 0.4) is 0 Å². The van der Waals surface area contributed by atoms with Crippen molar-refractivity contribution in [2.45, 2.75) is 65.4 Å². The topological polar surface area (TPSA) is 67.8 Å². The van der Waals surface area contributed by atoms with Gasteiger partial charge < -0.3 is 15.7 Å². The zero-order chi connectivity index (χ0) is 13.6. The second kappa shape index (κ2) is 6.98. The molecule has 0 bridgehead atoms. The standard InChI is InChI=1S/C14H28N2O2/c1-11-5-7-12(8-6-11)18-10-4-9-14(2,3)13(15)16-17/h11-12,17H,4-10H2,1-3H3,(H2,15,16). The van der Waals surface area contributed by atoms with E-state index in [0.29, 0.717) is 11.9 Å². The van der Waals surface area contributed by atoms with Crippen LogP contribution in [0.4, 0.5) is 0 Å². The number of hydrogen-bond donors (Lipinski definition) is 2. The third kappa shape index (κ3) is 4.84. The molecule has 0 aliphatic heterocycles. The van der Waals surface area contributed by atoms with Gasteiger partial charge in [-0.25, -0.2) is 0 Å². The van der Waals surface area contributed by atoms with Crippen LogP contribution in [0.25, 0.3) is 0 Å². The van der Waals surface area contributed by atoms with Gasteiger partial charge in [0, 0.05) is 12.0 Å². The SMILES string of the molecule is CC1CCC(OCCCC(C)(C)C(N)=NO)CC1. The fourth-order valence-corrected chi connectivity index (χ4v) is 2.42. The van der Waals surface area contributed by atoms with E-state index < -0.39 is 0 Å². The number of amidine groups is 1. The molecular weight excluding hydrogens is 228 g/mol. The molecule has 1 saturated carbocycles. The Labute approximate surface area is 111 Å². The van der Waals surface area contributed by atoms with Gasteiger partial charge in [-0.3, -0.25) is 0 Å². The van der Waals surface area contributed by atoms with E-state index in [1.807, 2.05) is 13.8 Å². The zero-order valence-electron chi connectivity index (χ0n) is 12.0. The average Bonchev–Trinajstić information content (AvgIpc) is 2.35. The van der Waals surface area contributed by atoms with Crippen LogP contribution in [-0.2, 0) is 4.74 Å². The van der Waals surface area contributed by atoms with Crippen LogP contribution in [-0.4, -0.2) is 23.8 Å². The van der Waals surface area contributed by atoms with Crippen molar-refractivity contribution >= 4 is 5.84 Å². The predicted molar refractivity (Wildman–Crippen MR) is 73.8 cm³/mol. The zero-order valence-corrected chi connectivity index (χ0v) is 12.0. The van der Waals surface area contributed by atoms with Crippen molar-refractivity contribution in [1.82, 2.24) is 0 Å². The minimum atomic E-state index is -0.251. The summed E-state index contributed by atoms with van der Waals surface area (Å²) in [5.41, 5.74) is 5.40. The highest BCUT2D eigenvalue weighted by Gasteiger charge is 2.23. The van der Waals surface area contributed by atoms with Crippen molar-refractivity contribution in [1.29, 1.82) is 0 Å². The Bertz CT molecular complexity index is 269. The fourth-order valence-electron chi connectivity index (χ4n) is 2.42. The van der Waals surface area contributed by atoms with Crippen molar-refractivity contribution in [3.63, 3.8) is 0 Å². The van der Waals surface area contributed by atoms with Crippen LogP contribution in [0.15, 0.2) is 5.16 Å². The Morgan fingerprint density at radius 2 is 1.94 bits per heavy atom. The average molecular weight is 256 g/mol. The first kappa shape index (κ1) is 15.3. The quantitative estimate of drug-likeness (QED) is 0.252. The highest BCUT2D eigenvalue weighted by Crippen LogP contribution is 2.26. The molecule has 0 aromatic carbocycles. The summed E-state index contributed by atoms with van der Waals surface area (Å²) >= 11 is 0. The predicted octanol–water partition coefficient (Wildman–Crippen LogP) is 3.13. The Hall–Kier alpha value is -0.770. The van der Waals surface area contributed by atoms with E-state index in [-0.39, 0.29) is 5.41 Å². The van der Waals surface area contributed by atoms with E-state index in [9.17, 15) is 0 Å². The van der Waals surface area contributed by atoms with Crippen LogP contribution in [0, 0.1) is 11.3 Å². The molecule has 106 valence electrons. The van der Waals surface area contributed by atoms with Crippen molar-refractivity contribution < 1.29 is 9.94 Å². The monoisotopic (exact) mass is 256 g/mol. The molecule has 0 spiro atoms. The van der Waals surface area contributed by atoms with Crippen LogP contribution in [0.2, 0.25) is 0 Å². The summed E-state index contributed by atoms with van der Waals surface area (Å²) in [4.78, 5) is 0. The molecule has 1 aliphatic carbocycles.